The van der Waals surface area contributed by atoms with Crippen LogP contribution >= 0.6 is 23.2 Å². The molecule has 4 atom stereocenters. The normalized spacial score (nSPS) is 21.8. The Morgan fingerprint density at radius 1 is 1.24 bits per heavy atom. The molecule has 3 N–H and O–H groups in total. The maximum absolute atomic E-state index is 12.3. The van der Waals surface area contributed by atoms with Crippen LogP contribution in [0.4, 0.5) is 0 Å². The topological polar surface area (TPSA) is 119 Å². The number of aliphatic hydroxyl groups excluding tert-OH is 2. The van der Waals surface area contributed by atoms with Crippen molar-refractivity contribution in [3.05, 3.63) is 69.8 Å². The molecule has 2 aliphatic rings. The van der Waals surface area contributed by atoms with Crippen molar-refractivity contribution >= 4 is 29.2 Å². The van der Waals surface area contributed by atoms with Crippen LogP contribution in [0.2, 0.25) is 10.0 Å². The van der Waals surface area contributed by atoms with Gasteiger partial charge in [0.05, 0.1) is 31.0 Å². The molecule has 11 heteroatoms. The first-order valence-electron chi connectivity index (χ1n) is 12.5. The van der Waals surface area contributed by atoms with Crippen molar-refractivity contribution in [1.29, 1.82) is 0 Å². The molecule has 2 heterocycles. The van der Waals surface area contributed by atoms with Gasteiger partial charge in [-0.2, -0.15) is 10.2 Å². The van der Waals surface area contributed by atoms with E-state index in [-0.39, 0.29) is 31.4 Å². The van der Waals surface area contributed by atoms with Crippen LogP contribution in [0.15, 0.2) is 64.5 Å². The van der Waals surface area contributed by atoms with Crippen molar-refractivity contribution in [3.63, 3.8) is 0 Å². The molecule has 38 heavy (non-hydrogen) atoms. The third-order valence-corrected chi connectivity index (χ3v) is 6.64. The molecule has 0 bridgehead atoms. The summed E-state index contributed by atoms with van der Waals surface area (Å²) in [7, 11) is 0. The van der Waals surface area contributed by atoms with Crippen molar-refractivity contribution in [2.24, 2.45) is 10.2 Å². The summed E-state index contributed by atoms with van der Waals surface area (Å²) < 4.78 is 11.0. The summed E-state index contributed by atoms with van der Waals surface area (Å²) in [4.78, 5) is 12.3. The first-order valence-corrected chi connectivity index (χ1v) is 13.3. The molecule has 1 fully saturated rings. The number of rotatable bonds is 11. The van der Waals surface area contributed by atoms with Gasteiger partial charge in [0, 0.05) is 22.2 Å². The van der Waals surface area contributed by atoms with Crippen molar-refractivity contribution in [1.82, 2.24) is 10.4 Å². The van der Waals surface area contributed by atoms with E-state index in [0.717, 1.165) is 29.5 Å². The molecular formula is C27H32Cl2N4O5. The third-order valence-electron chi connectivity index (χ3n) is 6.08. The molecule has 4 rings (SSSR count). The number of allylic oxidation sites excluding steroid dienone is 1. The quantitative estimate of drug-likeness (QED) is 0.209. The second-order valence-electron chi connectivity index (χ2n) is 9.57. The van der Waals surface area contributed by atoms with Crippen LogP contribution in [0.3, 0.4) is 0 Å². The number of epoxide rings is 1. The summed E-state index contributed by atoms with van der Waals surface area (Å²) in [6, 6.07) is 12.9. The van der Waals surface area contributed by atoms with Crippen molar-refractivity contribution in [2.75, 3.05) is 13.2 Å². The highest BCUT2D eigenvalue weighted by Crippen LogP contribution is 2.32. The van der Waals surface area contributed by atoms with Gasteiger partial charge in [0.1, 0.15) is 6.10 Å². The molecule has 1 saturated heterocycles. The largest absolute Gasteiger partial charge is 0.461 e. The summed E-state index contributed by atoms with van der Waals surface area (Å²) in [5.41, 5.74) is 6.62. The average molecular weight is 563 g/mol. The molecule has 0 aliphatic carbocycles. The summed E-state index contributed by atoms with van der Waals surface area (Å²) in [6.07, 6.45) is 1.02. The zero-order chi connectivity index (χ0) is 27.2. The van der Waals surface area contributed by atoms with Gasteiger partial charge in [-0.1, -0.05) is 53.5 Å². The SMILES string of the molecule is CC(C)OC(=O)[C@H](O)CN(Cc1ccc(-c2cc(Cl)ccc2Cl)cc1)NC1OC1C1=CCCC(CO)N=N1. The van der Waals surface area contributed by atoms with Crippen LogP contribution in [-0.2, 0) is 20.8 Å². The van der Waals surface area contributed by atoms with Crippen molar-refractivity contribution in [2.45, 2.75) is 63.8 Å². The lowest BCUT2D eigenvalue weighted by Crippen LogP contribution is -2.47. The molecule has 3 unspecified atom stereocenters. The fraction of sp³-hybridized carbons (Fsp3) is 0.444. The summed E-state index contributed by atoms with van der Waals surface area (Å²) in [6.45, 7) is 3.77. The Morgan fingerprint density at radius 3 is 2.71 bits per heavy atom. The number of azo groups is 1. The highest BCUT2D eigenvalue weighted by Gasteiger charge is 2.44. The van der Waals surface area contributed by atoms with Crippen molar-refractivity contribution in [3.8, 4) is 11.1 Å². The van der Waals surface area contributed by atoms with Gasteiger partial charge in [0.25, 0.3) is 0 Å². The number of esters is 1. The van der Waals surface area contributed by atoms with Crippen LogP contribution in [0, 0.1) is 0 Å². The Labute approximate surface area is 232 Å². The number of halogens is 2. The number of benzene rings is 2. The maximum atomic E-state index is 12.3. The first-order chi connectivity index (χ1) is 18.2. The number of ether oxygens (including phenoxy) is 2. The van der Waals surface area contributed by atoms with Crippen LogP contribution in [-0.4, -0.2) is 64.9 Å². The monoisotopic (exact) mass is 562 g/mol. The molecule has 204 valence electrons. The molecule has 0 radical (unpaired) electrons. The second kappa shape index (κ2) is 13.1. The second-order valence-corrected chi connectivity index (χ2v) is 10.4. The van der Waals surface area contributed by atoms with Gasteiger partial charge in [-0.3, -0.25) is 0 Å². The minimum atomic E-state index is -1.35. The summed E-state index contributed by atoms with van der Waals surface area (Å²) in [5, 5.41) is 31.2. The van der Waals surface area contributed by atoms with E-state index in [1.165, 1.54) is 0 Å². The molecular weight excluding hydrogens is 531 g/mol. The molecule has 2 aromatic rings. The lowest BCUT2D eigenvalue weighted by molar-refractivity contribution is -0.159. The smallest absolute Gasteiger partial charge is 0.336 e. The van der Waals surface area contributed by atoms with E-state index in [0.29, 0.717) is 22.3 Å². The number of nitrogens with one attached hydrogen (secondary N) is 1. The van der Waals surface area contributed by atoms with Crippen molar-refractivity contribution < 1.29 is 24.5 Å². The summed E-state index contributed by atoms with van der Waals surface area (Å²) >= 11 is 12.5. The molecule has 0 spiro atoms. The number of hydrogen-bond acceptors (Lipinski definition) is 9. The molecule has 2 aromatic carbocycles. The molecule has 2 aliphatic heterocycles. The van der Waals surface area contributed by atoms with E-state index in [9.17, 15) is 15.0 Å². The van der Waals surface area contributed by atoms with Gasteiger partial charge in [0.15, 0.2) is 12.3 Å². The predicted octanol–water partition coefficient (Wildman–Crippen LogP) is 4.50. The highest BCUT2D eigenvalue weighted by atomic mass is 35.5. The zero-order valence-electron chi connectivity index (χ0n) is 21.3. The number of aliphatic hydroxyl groups is 2. The minimum Gasteiger partial charge on any atom is -0.461 e. The lowest BCUT2D eigenvalue weighted by atomic mass is 10.0. The van der Waals surface area contributed by atoms with E-state index in [4.69, 9.17) is 32.7 Å². The first kappa shape index (κ1) is 28.6. The van der Waals surface area contributed by atoms with E-state index in [1.807, 2.05) is 36.4 Å². The maximum Gasteiger partial charge on any atom is 0.336 e. The number of carbonyl (C=O) groups is 1. The Hall–Kier alpha value is -2.37. The van der Waals surface area contributed by atoms with Gasteiger partial charge in [0.2, 0.25) is 0 Å². The van der Waals surface area contributed by atoms with Gasteiger partial charge < -0.3 is 19.7 Å². The molecule has 0 aromatic heterocycles. The van der Waals surface area contributed by atoms with Gasteiger partial charge >= 0.3 is 5.97 Å². The van der Waals surface area contributed by atoms with E-state index < -0.39 is 18.3 Å². The fourth-order valence-corrected chi connectivity index (χ4v) is 4.47. The number of hydrazine groups is 1. The number of carbonyl (C=O) groups excluding carboxylic acids is 1. The van der Waals surface area contributed by atoms with Crippen LogP contribution in [0.1, 0.15) is 32.3 Å². The van der Waals surface area contributed by atoms with Gasteiger partial charge in [-0.05, 0) is 56.0 Å². The zero-order valence-corrected chi connectivity index (χ0v) is 22.8. The van der Waals surface area contributed by atoms with Crippen LogP contribution in [0.5, 0.6) is 0 Å². The summed E-state index contributed by atoms with van der Waals surface area (Å²) in [5.74, 6) is -0.693. The Bertz CT molecular complexity index is 1170. The molecule has 0 amide bonds. The van der Waals surface area contributed by atoms with Gasteiger partial charge in [-0.15, -0.1) is 0 Å². The number of nitrogens with zero attached hydrogens (tertiary/aromatic N) is 3. The minimum absolute atomic E-state index is 0.0207. The number of hydrogen-bond donors (Lipinski definition) is 3. The molecule has 0 saturated carbocycles. The fourth-order valence-electron chi connectivity index (χ4n) is 4.07. The van der Waals surface area contributed by atoms with Crippen LogP contribution < -0.4 is 5.43 Å². The highest BCUT2D eigenvalue weighted by molar-refractivity contribution is 6.35. The lowest BCUT2D eigenvalue weighted by Gasteiger charge is -2.25. The third kappa shape index (κ3) is 7.83. The van der Waals surface area contributed by atoms with Crippen LogP contribution in [0.25, 0.3) is 11.1 Å². The standard InChI is InChI=1S/C27H32Cl2N4O5/c1-16(2)37-27(36)24(35)14-33(32-26-25(38-26)23-5-3-4-20(15-34)30-31-23)13-17-6-8-18(9-7-17)21-12-19(28)10-11-22(21)29/h5-12,16,20,24-26,32,34-35H,3-4,13-15H2,1-2H3/t20?,24-,25?,26?/m1/s1. The Balaban J connectivity index is 1.45. The van der Waals surface area contributed by atoms with Gasteiger partial charge in [-0.25, -0.2) is 15.2 Å². The Morgan fingerprint density at radius 2 is 2.00 bits per heavy atom. The predicted molar refractivity (Wildman–Crippen MR) is 144 cm³/mol. The van der Waals surface area contributed by atoms with E-state index in [2.05, 4.69) is 15.7 Å². The Kier molecular flexibility index (Phi) is 9.89. The average Bonchev–Trinajstić information content (AvgIpc) is 3.68. The van der Waals surface area contributed by atoms with E-state index >= 15 is 0 Å². The van der Waals surface area contributed by atoms with E-state index in [1.54, 1.807) is 31.0 Å². The molecule has 9 nitrogen and oxygen atoms in total.